The van der Waals surface area contributed by atoms with Gasteiger partial charge < -0.3 is 15.5 Å². The van der Waals surface area contributed by atoms with Crippen molar-refractivity contribution in [1.29, 1.82) is 0 Å². The van der Waals surface area contributed by atoms with Crippen LogP contribution in [0.1, 0.15) is 36.4 Å². The number of carbonyl (C=O) groups is 1. The molecule has 4 nitrogen and oxygen atoms in total. The number of anilines is 1. The lowest BCUT2D eigenvalue weighted by Crippen LogP contribution is -2.39. The molecule has 1 aromatic carbocycles. The van der Waals surface area contributed by atoms with Crippen LogP contribution in [0.3, 0.4) is 0 Å². The summed E-state index contributed by atoms with van der Waals surface area (Å²) >= 11 is 0. The van der Waals surface area contributed by atoms with Gasteiger partial charge in [-0.3, -0.25) is 4.79 Å². The number of likely N-dealkylation sites (tertiary alicyclic amines) is 1. The molecule has 3 rings (SSSR count). The predicted molar refractivity (Wildman–Crippen MR) is 80.8 cm³/mol. The van der Waals surface area contributed by atoms with E-state index in [2.05, 4.69) is 30.1 Å². The predicted octanol–water partition coefficient (Wildman–Crippen LogP) is 1.69. The van der Waals surface area contributed by atoms with E-state index in [4.69, 9.17) is 5.73 Å². The van der Waals surface area contributed by atoms with Crippen LogP contribution in [0.2, 0.25) is 0 Å². The van der Waals surface area contributed by atoms with E-state index in [1.165, 1.54) is 16.8 Å². The van der Waals surface area contributed by atoms with Crippen LogP contribution in [-0.2, 0) is 11.2 Å². The first-order valence-corrected chi connectivity index (χ1v) is 7.43. The van der Waals surface area contributed by atoms with Gasteiger partial charge >= 0.3 is 0 Å². The number of carbonyl (C=O) groups excluding carboxylic acids is 1. The van der Waals surface area contributed by atoms with Crippen molar-refractivity contribution in [2.24, 2.45) is 5.73 Å². The smallest absolute Gasteiger partial charge is 0.222 e. The Balaban J connectivity index is 1.96. The minimum atomic E-state index is 0.0150. The number of benzene rings is 1. The molecule has 1 amide bonds. The Morgan fingerprint density at radius 2 is 2.05 bits per heavy atom. The first kappa shape index (κ1) is 13.4. The second-order valence-corrected chi connectivity index (χ2v) is 6.07. The van der Waals surface area contributed by atoms with Gasteiger partial charge in [0.2, 0.25) is 5.91 Å². The van der Waals surface area contributed by atoms with E-state index in [9.17, 15) is 4.79 Å². The lowest BCUT2D eigenvalue weighted by Gasteiger charge is -2.31. The Kier molecular flexibility index (Phi) is 3.42. The molecule has 0 aliphatic carbocycles. The summed E-state index contributed by atoms with van der Waals surface area (Å²) in [6, 6.07) is 6.61. The molecule has 4 heteroatoms. The maximum absolute atomic E-state index is 12.1. The Morgan fingerprint density at radius 3 is 2.85 bits per heavy atom. The monoisotopic (exact) mass is 273 g/mol. The lowest BCUT2D eigenvalue weighted by molar-refractivity contribution is -0.131. The molecular weight excluding hydrogens is 250 g/mol. The maximum atomic E-state index is 12.1. The fourth-order valence-corrected chi connectivity index (χ4v) is 3.51. The quantitative estimate of drug-likeness (QED) is 0.847. The van der Waals surface area contributed by atoms with E-state index < -0.39 is 0 Å². The van der Waals surface area contributed by atoms with Crippen LogP contribution in [0.15, 0.2) is 18.2 Å². The fraction of sp³-hybridized carbons (Fsp3) is 0.562. The first-order valence-electron chi connectivity index (χ1n) is 7.43. The molecular formula is C16H23N3O. The van der Waals surface area contributed by atoms with Crippen LogP contribution in [0, 0.1) is 0 Å². The van der Waals surface area contributed by atoms with Crippen molar-refractivity contribution in [3.8, 4) is 0 Å². The molecule has 0 spiro atoms. The minimum Gasteiger partial charge on any atom is -0.374 e. The summed E-state index contributed by atoms with van der Waals surface area (Å²) in [7, 11) is 4.01. The molecule has 0 bridgehead atoms. The molecule has 2 heterocycles. The Hall–Kier alpha value is -1.55. The van der Waals surface area contributed by atoms with Gasteiger partial charge in [-0.15, -0.1) is 0 Å². The molecule has 2 N–H and O–H groups in total. The molecule has 0 radical (unpaired) electrons. The highest BCUT2D eigenvalue weighted by atomic mass is 16.2. The second kappa shape index (κ2) is 5.09. The first-order chi connectivity index (χ1) is 9.58. The number of amides is 1. The molecule has 1 saturated heterocycles. The van der Waals surface area contributed by atoms with Gasteiger partial charge in [-0.2, -0.15) is 0 Å². The average molecular weight is 273 g/mol. The van der Waals surface area contributed by atoms with Crippen molar-refractivity contribution in [3.05, 3.63) is 29.3 Å². The molecule has 2 aliphatic heterocycles. The normalized spacial score (nSPS) is 26.6. The zero-order chi connectivity index (χ0) is 14.3. The number of hydrogen-bond donors (Lipinski definition) is 1. The van der Waals surface area contributed by atoms with Gasteiger partial charge in [-0.05, 0) is 36.5 Å². The molecule has 2 unspecified atom stereocenters. The van der Waals surface area contributed by atoms with E-state index >= 15 is 0 Å². The van der Waals surface area contributed by atoms with Crippen molar-refractivity contribution in [2.45, 2.75) is 37.8 Å². The molecule has 2 atom stereocenters. The fourth-order valence-electron chi connectivity index (χ4n) is 3.51. The van der Waals surface area contributed by atoms with Gasteiger partial charge in [0.25, 0.3) is 0 Å². The molecule has 108 valence electrons. The standard InChI is InChI=1S/C16H23N3O/c1-18-9-8-11-10-12(6-7-14(11)18)16-13(17)4-3-5-15(20)19(16)2/h6-7,10,13,16H,3-5,8-9,17H2,1-2H3. The van der Waals surface area contributed by atoms with Crippen molar-refractivity contribution in [2.75, 3.05) is 25.5 Å². The zero-order valence-electron chi connectivity index (χ0n) is 12.3. The van der Waals surface area contributed by atoms with Crippen molar-refractivity contribution >= 4 is 11.6 Å². The summed E-state index contributed by atoms with van der Waals surface area (Å²) in [5, 5.41) is 0. The minimum absolute atomic E-state index is 0.0150. The van der Waals surface area contributed by atoms with Crippen LogP contribution >= 0.6 is 0 Å². The Labute approximate surface area is 120 Å². The van der Waals surface area contributed by atoms with Crippen molar-refractivity contribution in [3.63, 3.8) is 0 Å². The third-order valence-electron chi connectivity index (χ3n) is 4.72. The van der Waals surface area contributed by atoms with Gasteiger partial charge in [0, 0.05) is 38.8 Å². The second-order valence-electron chi connectivity index (χ2n) is 6.07. The number of nitrogens with two attached hydrogens (primary N) is 1. The van der Waals surface area contributed by atoms with Gasteiger partial charge in [-0.25, -0.2) is 0 Å². The third-order valence-corrected chi connectivity index (χ3v) is 4.72. The molecule has 2 aliphatic rings. The van der Waals surface area contributed by atoms with Gasteiger partial charge in [0.05, 0.1) is 6.04 Å². The molecule has 0 aromatic heterocycles. The van der Waals surface area contributed by atoms with E-state index in [-0.39, 0.29) is 18.0 Å². The number of rotatable bonds is 1. The summed E-state index contributed by atoms with van der Waals surface area (Å²) in [5.74, 6) is 0.209. The van der Waals surface area contributed by atoms with Gasteiger partial charge in [-0.1, -0.05) is 12.1 Å². The van der Waals surface area contributed by atoms with Crippen LogP contribution < -0.4 is 10.6 Å². The number of fused-ring (bicyclic) bond motifs is 1. The maximum Gasteiger partial charge on any atom is 0.222 e. The third kappa shape index (κ3) is 2.18. The zero-order valence-corrected chi connectivity index (χ0v) is 12.3. The molecule has 1 aromatic rings. The average Bonchev–Trinajstić information content (AvgIpc) is 2.74. The van der Waals surface area contributed by atoms with Crippen LogP contribution in [-0.4, -0.2) is 37.5 Å². The van der Waals surface area contributed by atoms with Gasteiger partial charge in [0.15, 0.2) is 0 Å². The lowest BCUT2D eigenvalue weighted by atomic mass is 9.94. The highest BCUT2D eigenvalue weighted by Crippen LogP contribution is 2.34. The topological polar surface area (TPSA) is 49.6 Å². The highest BCUT2D eigenvalue weighted by molar-refractivity contribution is 5.77. The van der Waals surface area contributed by atoms with E-state index in [1.807, 2.05) is 11.9 Å². The highest BCUT2D eigenvalue weighted by Gasteiger charge is 2.31. The van der Waals surface area contributed by atoms with Crippen molar-refractivity contribution < 1.29 is 4.79 Å². The summed E-state index contributed by atoms with van der Waals surface area (Å²) in [4.78, 5) is 16.2. The van der Waals surface area contributed by atoms with Crippen LogP contribution in [0.25, 0.3) is 0 Å². The van der Waals surface area contributed by atoms with Gasteiger partial charge in [0.1, 0.15) is 0 Å². The molecule has 0 saturated carbocycles. The van der Waals surface area contributed by atoms with Crippen molar-refractivity contribution in [1.82, 2.24) is 4.90 Å². The number of nitrogens with zero attached hydrogens (tertiary/aromatic N) is 2. The van der Waals surface area contributed by atoms with Crippen LogP contribution in [0.5, 0.6) is 0 Å². The van der Waals surface area contributed by atoms with Crippen LogP contribution in [0.4, 0.5) is 5.69 Å². The number of likely N-dealkylation sites (N-methyl/N-ethyl adjacent to an activating group) is 2. The Bertz CT molecular complexity index is 528. The summed E-state index contributed by atoms with van der Waals surface area (Å²) in [6.45, 7) is 1.07. The largest absolute Gasteiger partial charge is 0.374 e. The van der Waals surface area contributed by atoms with E-state index in [1.54, 1.807) is 0 Å². The summed E-state index contributed by atoms with van der Waals surface area (Å²) in [5.41, 5.74) is 10.2. The molecule has 1 fully saturated rings. The Morgan fingerprint density at radius 1 is 1.25 bits per heavy atom. The summed E-state index contributed by atoms with van der Waals surface area (Å²) < 4.78 is 0. The molecule has 20 heavy (non-hydrogen) atoms. The summed E-state index contributed by atoms with van der Waals surface area (Å²) in [6.07, 6.45) is 3.51. The van der Waals surface area contributed by atoms with E-state index in [0.29, 0.717) is 6.42 Å². The SMILES string of the molecule is CN1CCc2cc(C3C(N)CCCC(=O)N3C)ccc21. The van der Waals surface area contributed by atoms with E-state index in [0.717, 1.165) is 25.8 Å². The number of hydrogen-bond acceptors (Lipinski definition) is 3.